The Morgan fingerprint density at radius 2 is 2.18 bits per heavy atom. The third-order valence-electron chi connectivity index (χ3n) is 4.71. The van der Waals surface area contributed by atoms with Crippen molar-refractivity contribution in [1.82, 2.24) is 10.2 Å². The van der Waals surface area contributed by atoms with Crippen LogP contribution in [0.15, 0.2) is 24.3 Å². The number of methoxy groups -OCH3 is 1. The molecule has 2 aliphatic heterocycles. The van der Waals surface area contributed by atoms with Crippen LogP contribution in [0.4, 0.5) is 19.7 Å². The highest BCUT2D eigenvalue weighted by atomic mass is 19.1. The van der Waals surface area contributed by atoms with Gasteiger partial charge < -0.3 is 19.7 Å². The standard InChI is InChI=1S/C19H22FN3O5/c1-12(24)21-10-15-11-23(19(26)28-15)14-3-4-16(17(20)9-14)13-5-7-22(8-6-13)18(25)27-2/h3-5,9,15H,6-8,10-11H2,1-2H3,(H,21,24)/t15-/m0/s1. The van der Waals surface area contributed by atoms with Gasteiger partial charge in [-0.2, -0.15) is 0 Å². The maximum atomic E-state index is 14.7. The molecule has 0 aliphatic carbocycles. The highest BCUT2D eigenvalue weighted by molar-refractivity contribution is 5.90. The highest BCUT2D eigenvalue weighted by Gasteiger charge is 2.33. The van der Waals surface area contributed by atoms with Crippen molar-refractivity contribution in [3.05, 3.63) is 35.7 Å². The number of carbonyl (C=O) groups is 3. The fourth-order valence-electron chi connectivity index (χ4n) is 3.24. The number of cyclic esters (lactones) is 1. The zero-order valence-corrected chi connectivity index (χ0v) is 15.7. The molecule has 1 aromatic carbocycles. The number of ether oxygens (including phenoxy) is 2. The number of amides is 3. The lowest BCUT2D eigenvalue weighted by molar-refractivity contribution is -0.119. The third kappa shape index (κ3) is 4.24. The summed E-state index contributed by atoms with van der Waals surface area (Å²) in [5.74, 6) is -0.662. The number of benzene rings is 1. The van der Waals surface area contributed by atoms with Crippen molar-refractivity contribution in [2.75, 3.05) is 38.2 Å². The van der Waals surface area contributed by atoms with E-state index in [4.69, 9.17) is 4.74 Å². The minimum absolute atomic E-state index is 0.210. The first-order chi connectivity index (χ1) is 13.4. The first-order valence-corrected chi connectivity index (χ1v) is 8.93. The third-order valence-corrected chi connectivity index (χ3v) is 4.71. The SMILES string of the molecule is COC(=O)N1CC=C(c2ccc(N3C[C@H](CNC(C)=O)OC3=O)cc2F)CC1. The van der Waals surface area contributed by atoms with Gasteiger partial charge in [0.1, 0.15) is 11.9 Å². The molecule has 1 fully saturated rings. The van der Waals surface area contributed by atoms with Gasteiger partial charge in [-0.3, -0.25) is 9.69 Å². The lowest BCUT2D eigenvalue weighted by atomic mass is 9.98. The minimum atomic E-state index is -0.576. The molecule has 0 bridgehead atoms. The van der Waals surface area contributed by atoms with E-state index in [1.807, 2.05) is 0 Å². The number of rotatable bonds is 4. The number of anilines is 1. The molecule has 1 saturated heterocycles. The normalized spacial score (nSPS) is 19.2. The molecule has 2 aliphatic rings. The van der Waals surface area contributed by atoms with Crippen molar-refractivity contribution < 1.29 is 28.2 Å². The van der Waals surface area contributed by atoms with Crippen LogP contribution in [0, 0.1) is 5.82 Å². The quantitative estimate of drug-likeness (QED) is 0.850. The molecule has 0 unspecified atom stereocenters. The fourth-order valence-corrected chi connectivity index (χ4v) is 3.24. The van der Waals surface area contributed by atoms with Gasteiger partial charge in [0.15, 0.2) is 0 Å². The molecule has 150 valence electrons. The Labute approximate surface area is 161 Å². The van der Waals surface area contributed by atoms with Gasteiger partial charge in [0.05, 0.1) is 25.9 Å². The van der Waals surface area contributed by atoms with Gasteiger partial charge in [-0.15, -0.1) is 0 Å². The second kappa shape index (κ2) is 8.28. The van der Waals surface area contributed by atoms with Crippen LogP contribution in [-0.4, -0.2) is 62.4 Å². The van der Waals surface area contributed by atoms with E-state index in [1.54, 1.807) is 18.2 Å². The minimum Gasteiger partial charge on any atom is -0.453 e. The molecule has 3 amide bonds. The number of halogens is 1. The summed E-state index contributed by atoms with van der Waals surface area (Å²) in [4.78, 5) is 37.5. The maximum Gasteiger partial charge on any atom is 0.414 e. The Kier molecular flexibility index (Phi) is 5.81. The van der Waals surface area contributed by atoms with Crippen molar-refractivity contribution in [2.24, 2.45) is 0 Å². The topological polar surface area (TPSA) is 88.2 Å². The van der Waals surface area contributed by atoms with Crippen LogP contribution in [-0.2, 0) is 14.3 Å². The predicted molar refractivity (Wildman–Crippen MR) is 99.3 cm³/mol. The molecule has 1 atom stereocenters. The van der Waals surface area contributed by atoms with Crippen molar-refractivity contribution in [2.45, 2.75) is 19.4 Å². The lowest BCUT2D eigenvalue weighted by Crippen LogP contribution is -2.34. The zero-order chi connectivity index (χ0) is 20.3. The molecule has 0 saturated carbocycles. The van der Waals surface area contributed by atoms with Gasteiger partial charge in [0.2, 0.25) is 5.91 Å². The van der Waals surface area contributed by atoms with E-state index >= 15 is 0 Å². The molecule has 28 heavy (non-hydrogen) atoms. The Morgan fingerprint density at radius 3 is 2.79 bits per heavy atom. The Hall–Kier alpha value is -3.10. The number of carbonyl (C=O) groups excluding carboxylic acids is 3. The van der Waals surface area contributed by atoms with Crippen molar-refractivity contribution in [1.29, 1.82) is 0 Å². The van der Waals surface area contributed by atoms with Crippen molar-refractivity contribution in [3.63, 3.8) is 0 Å². The molecule has 0 spiro atoms. The summed E-state index contributed by atoms with van der Waals surface area (Å²) in [5, 5.41) is 2.60. The van der Waals surface area contributed by atoms with Gasteiger partial charge in [0.25, 0.3) is 0 Å². The van der Waals surface area contributed by atoms with E-state index < -0.39 is 24.1 Å². The largest absolute Gasteiger partial charge is 0.453 e. The molecule has 8 nitrogen and oxygen atoms in total. The summed E-state index contributed by atoms with van der Waals surface area (Å²) in [7, 11) is 1.32. The van der Waals surface area contributed by atoms with E-state index in [0.717, 1.165) is 5.57 Å². The van der Waals surface area contributed by atoms with Crippen LogP contribution in [0.1, 0.15) is 18.9 Å². The molecule has 2 heterocycles. The first-order valence-electron chi connectivity index (χ1n) is 8.93. The molecule has 1 aromatic rings. The van der Waals surface area contributed by atoms with Crippen LogP contribution in [0.3, 0.4) is 0 Å². The summed E-state index contributed by atoms with van der Waals surface area (Å²) in [6.45, 7) is 2.62. The van der Waals surface area contributed by atoms with Crippen LogP contribution in [0.25, 0.3) is 5.57 Å². The molecular weight excluding hydrogens is 369 g/mol. The Morgan fingerprint density at radius 1 is 1.39 bits per heavy atom. The summed E-state index contributed by atoms with van der Waals surface area (Å²) >= 11 is 0. The monoisotopic (exact) mass is 391 g/mol. The molecule has 1 N–H and O–H groups in total. The summed E-state index contributed by atoms with van der Waals surface area (Å²) in [6.07, 6.45) is 0.840. The van der Waals surface area contributed by atoms with E-state index in [9.17, 15) is 18.8 Å². The lowest BCUT2D eigenvalue weighted by Gasteiger charge is -2.25. The Bertz CT molecular complexity index is 826. The van der Waals surface area contributed by atoms with Crippen LogP contribution in [0.2, 0.25) is 0 Å². The van der Waals surface area contributed by atoms with Crippen LogP contribution < -0.4 is 10.2 Å². The number of nitrogens with one attached hydrogen (secondary N) is 1. The molecule has 9 heteroatoms. The summed E-state index contributed by atoms with van der Waals surface area (Å²) in [5.41, 5.74) is 1.64. The van der Waals surface area contributed by atoms with Crippen LogP contribution in [0.5, 0.6) is 0 Å². The maximum absolute atomic E-state index is 14.7. The predicted octanol–water partition coefficient (Wildman–Crippen LogP) is 2.14. The fraction of sp³-hybridized carbons (Fsp3) is 0.421. The molecule has 0 radical (unpaired) electrons. The number of nitrogens with zero attached hydrogens (tertiary/aromatic N) is 2. The van der Waals surface area contributed by atoms with Crippen molar-refractivity contribution >= 4 is 29.4 Å². The van der Waals surface area contributed by atoms with E-state index in [2.05, 4.69) is 10.1 Å². The van der Waals surface area contributed by atoms with E-state index in [0.29, 0.717) is 30.8 Å². The zero-order valence-electron chi connectivity index (χ0n) is 15.7. The average molecular weight is 391 g/mol. The van der Waals surface area contributed by atoms with E-state index in [-0.39, 0.29) is 19.0 Å². The summed E-state index contributed by atoms with van der Waals surface area (Å²) < 4.78 is 24.6. The first kappa shape index (κ1) is 19.7. The van der Waals surface area contributed by atoms with Gasteiger partial charge in [0, 0.05) is 25.6 Å². The second-order valence-electron chi connectivity index (χ2n) is 6.61. The molecular formula is C19H22FN3O5. The number of hydrogen-bond acceptors (Lipinski definition) is 5. The smallest absolute Gasteiger partial charge is 0.414 e. The highest BCUT2D eigenvalue weighted by Crippen LogP contribution is 2.29. The summed E-state index contributed by atoms with van der Waals surface area (Å²) in [6, 6.07) is 4.58. The van der Waals surface area contributed by atoms with Gasteiger partial charge in [-0.25, -0.2) is 14.0 Å². The van der Waals surface area contributed by atoms with Gasteiger partial charge >= 0.3 is 12.2 Å². The van der Waals surface area contributed by atoms with Crippen molar-refractivity contribution in [3.8, 4) is 0 Å². The molecule has 0 aromatic heterocycles. The molecule has 3 rings (SSSR count). The van der Waals surface area contributed by atoms with Gasteiger partial charge in [-0.1, -0.05) is 6.08 Å². The number of hydrogen-bond donors (Lipinski definition) is 1. The van der Waals surface area contributed by atoms with E-state index in [1.165, 1.54) is 29.9 Å². The average Bonchev–Trinajstić information content (AvgIpc) is 3.06. The van der Waals surface area contributed by atoms with Gasteiger partial charge in [-0.05, 0) is 30.2 Å². The van der Waals surface area contributed by atoms with Crippen LogP contribution >= 0.6 is 0 Å². The Balaban J connectivity index is 1.69. The second-order valence-corrected chi connectivity index (χ2v) is 6.61.